The fourth-order valence-corrected chi connectivity index (χ4v) is 2.44. The number of carboxylic acid groups (broad SMARTS) is 1. The van der Waals surface area contributed by atoms with Crippen LogP contribution in [-0.4, -0.2) is 39.7 Å². The number of carbonyl (C=O) groups is 1. The van der Waals surface area contributed by atoms with Crippen molar-refractivity contribution in [3.8, 4) is 0 Å². The predicted molar refractivity (Wildman–Crippen MR) is 62.0 cm³/mol. The summed E-state index contributed by atoms with van der Waals surface area (Å²) in [6, 6.07) is 0. The molecule has 0 unspecified atom stereocenters. The van der Waals surface area contributed by atoms with Gasteiger partial charge in [-0.15, -0.1) is 10.2 Å². The van der Waals surface area contributed by atoms with Crippen LogP contribution in [0.5, 0.6) is 0 Å². The van der Waals surface area contributed by atoms with Crippen LogP contribution in [0.4, 0.5) is 18.3 Å². The molecular formula is C8H10F3N3O2S2. The maximum atomic E-state index is 11.8. The van der Waals surface area contributed by atoms with E-state index in [9.17, 15) is 18.0 Å². The fourth-order valence-electron chi connectivity index (χ4n) is 0.947. The van der Waals surface area contributed by atoms with Gasteiger partial charge in [0.2, 0.25) is 5.13 Å². The number of nitrogens with one attached hydrogen (secondary N) is 1. The number of halogens is 3. The van der Waals surface area contributed by atoms with Crippen molar-refractivity contribution < 1.29 is 23.1 Å². The number of hydrogen-bond acceptors (Lipinski definition) is 6. The van der Waals surface area contributed by atoms with Crippen molar-refractivity contribution in [3.63, 3.8) is 0 Å². The number of aromatic nitrogens is 2. The third kappa shape index (κ3) is 6.64. The number of hydrogen-bond donors (Lipinski definition) is 2. The Hall–Kier alpha value is -1.03. The summed E-state index contributed by atoms with van der Waals surface area (Å²) in [5, 5.41) is 18.9. The summed E-state index contributed by atoms with van der Waals surface area (Å²) >= 11 is 2.14. The van der Waals surface area contributed by atoms with Crippen LogP contribution in [0, 0.1) is 0 Å². The summed E-state index contributed by atoms with van der Waals surface area (Å²) in [6.45, 7) is 0.151. The summed E-state index contributed by atoms with van der Waals surface area (Å²) < 4.78 is 36.0. The molecule has 18 heavy (non-hydrogen) atoms. The lowest BCUT2D eigenvalue weighted by atomic mass is 10.3. The zero-order valence-corrected chi connectivity index (χ0v) is 10.7. The molecule has 0 bridgehead atoms. The molecule has 0 radical (unpaired) electrons. The second kappa shape index (κ2) is 6.78. The SMILES string of the molecule is O=C(O)CSc1nnc(NCCCC(F)(F)F)s1. The van der Waals surface area contributed by atoms with E-state index in [1.54, 1.807) is 0 Å². The number of alkyl halides is 3. The minimum Gasteiger partial charge on any atom is -0.481 e. The summed E-state index contributed by atoms with van der Waals surface area (Å²) in [4.78, 5) is 10.3. The van der Waals surface area contributed by atoms with Crippen LogP contribution in [-0.2, 0) is 4.79 Å². The van der Waals surface area contributed by atoms with E-state index in [1.165, 1.54) is 0 Å². The number of nitrogens with zero attached hydrogens (tertiary/aromatic N) is 2. The number of carboxylic acids is 1. The van der Waals surface area contributed by atoms with Gasteiger partial charge in [-0.25, -0.2) is 0 Å². The molecule has 0 aliphatic rings. The van der Waals surface area contributed by atoms with Crippen LogP contribution < -0.4 is 5.32 Å². The molecule has 0 fully saturated rings. The van der Waals surface area contributed by atoms with Gasteiger partial charge in [-0.1, -0.05) is 23.1 Å². The average molecular weight is 301 g/mol. The van der Waals surface area contributed by atoms with Gasteiger partial charge in [0, 0.05) is 13.0 Å². The Kier molecular flexibility index (Phi) is 5.66. The number of rotatable bonds is 7. The van der Waals surface area contributed by atoms with E-state index in [1.807, 2.05) is 0 Å². The summed E-state index contributed by atoms with van der Waals surface area (Å²) in [6.07, 6.45) is -5.04. The van der Waals surface area contributed by atoms with E-state index in [2.05, 4.69) is 15.5 Å². The van der Waals surface area contributed by atoms with E-state index >= 15 is 0 Å². The molecule has 0 aromatic carbocycles. The van der Waals surface area contributed by atoms with Crippen LogP contribution in [0.1, 0.15) is 12.8 Å². The molecule has 0 aliphatic heterocycles. The lowest BCUT2D eigenvalue weighted by molar-refractivity contribution is -0.135. The number of thioether (sulfide) groups is 1. The van der Waals surface area contributed by atoms with Crippen molar-refractivity contribution in [2.75, 3.05) is 17.6 Å². The Morgan fingerprint density at radius 2 is 2.17 bits per heavy atom. The van der Waals surface area contributed by atoms with Gasteiger partial charge in [-0.2, -0.15) is 13.2 Å². The molecule has 5 nitrogen and oxygen atoms in total. The molecule has 0 saturated heterocycles. The lowest BCUT2D eigenvalue weighted by Gasteiger charge is -2.05. The maximum absolute atomic E-state index is 11.8. The molecule has 1 rings (SSSR count). The van der Waals surface area contributed by atoms with Gasteiger partial charge in [0.1, 0.15) is 0 Å². The molecule has 0 aliphatic carbocycles. The average Bonchev–Trinajstić information content (AvgIpc) is 2.68. The second-order valence-corrected chi connectivity index (χ2v) is 5.40. The van der Waals surface area contributed by atoms with E-state index in [-0.39, 0.29) is 18.7 Å². The first-order valence-electron chi connectivity index (χ1n) is 4.85. The van der Waals surface area contributed by atoms with Gasteiger partial charge >= 0.3 is 12.1 Å². The third-order valence-electron chi connectivity index (χ3n) is 1.64. The van der Waals surface area contributed by atoms with Gasteiger partial charge in [0.15, 0.2) is 4.34 Å². The standard InChI is InChI=1S/C8H10F3N3O2S2/c9-8(10,11)2-1-3-12-6-13-14-7(18-6)17-4-5(15)16/h1-4H2,(H,12,13)(H,15,16). The van der Waals surface area contributed by atoms with Crippen LogP contribution in [0.2, 0.25) is 0 Å². The Balaban J connectivity index is 2.25. The normalized spacial score (nSPS) is 11.5. The minimum absolute atomic E-state index is 0.0410. The van der Waals surface area contributed by atoms with Crippen molar-refractivity contribution in [2.24, 2.45) is 0 Å². The smallest absolute Gasteiger partial charge is 0.389 e. The first kappa shape index (κ1) is 15.0. The van der Waals surface area contributed by atoms with E-state index in [4.69, 9.17) is 5.11 Å². The zero-order chi connectivity index (χ0) is 13.6. The Labute approximate surface area is 109 Å². The summed E-state index contributed by atoms with van der Waals surface area (Å²) in [5.41, 5.74) is 0. The highest BCUT2D eigenvalue weighted by atomic mass is 32.2. The molecule has 0 spiro atoms. The van der Waals surface area contributed by atoms with Crippen molar-refractivity contribution in [2.45, 2.75) is 23.4 Å². The molecule has 1 aromatic heterocycles. The van der Waals surface area contributed by atoms with Crippen LogP contribution in [0.3, 0.4) is 0 Å². The Bertz CT molecular complexity index is 397. The zero-order valence-electron chi connectivity index (χ0n) is 9.03. The maximum Gasteiger partial charge on any atom is 0.389 e. The van der Waals surface area contributed by atoms with E-state index < -0.39 is 18.6 Å². The first-order chi connectivity index (χ1) is 8.37. The fraction of sp³-hybridized carbons (Fsp3) is 0.625. The second-order valence-electron chi connectivity index (χ2n) is 3.20. The highest BCUT2D eigenvalue weighted by Gasteiger charge is 2.25. The Morgan fingerprint density at radius 3 is 2.78 bits per heavy atom. The first-order valence-corrected chi connectivity index (χ1v) is 6.66. The largest absolute Gasteiger partial charge is 0.481 e. The van der Waals surface area contributed by atoms with Crippen molar-refractivity contribution >= 4 is 34.2 Å². The van der Waals surface area contributed by atoms with Crippen LogP contribution >= 0.6 is 23.1 Å². The van der Waals surface area contributed by atoms with Crippen molar-refractivity contribution in [1.29, 1.82) is 0 Å². The molecule has 102 valence electrons. The summed E-state index contributed by atoms with van der Waals surface area (Å²) in [5.74, 6) is -1.09. The molecule has 10 heteroatoms. The van der Waals surface area contributed by atoms with Crippen molar-refractivity contribution in [3.05, 3.63) is 0 Å². The predicted octanol–water partition coefficient (Wildman–Crippen LogP) is 2.47. The summed E-state index contributed by atoms with van der Waals surface area (Å²) in [7, 11) is 0. The quantitative estimate of drug-likeness (QED) is 0.595. The monoisotopic (exact) mass is 301 g/mol. The van der Waals surface area contributed by atoms with Gasteiger partial charge in [-0.05, 0) is 6.42 Å². The highest BCUT2D eigenvalue weighted by molar-refractivity contribution is 8.01. The topological polar surface area (TPSA) is 75.1 Å². The molecule has 0 saturated carbocycles. The van der Waals surface area contributed by atoms with Crippen LogP contribution in [0.25, 0.3) is 0 Å². The molecule has 0 amide bonds. The lowest BCUT2D eigenvalue weighted by Crippen LogP contribution is -2.10. The molecule has 1 aromatic rings. The van der Waals surface area contributed by atoms with E-state index in [0.29, 0.717) is 9.47 Å². The third-order valence-corrected chi connectivity index (χ3v) is 3.64. The molecular weight excluding hydrogens is 291 g/mol. The van der Waals surface area contributed by atoms with Gasteiger partial charge in [0.25, 0.3) is 0 Å². The Morgan fingerprint density at radius 1 is 1.44 bits per heavy atom. The molecule has 2 N–H and O–H groups in total. The van der Waals surface area contributed by atoms with E-state index in [0.717, 1.165) is 23.1 Å². The molecule has 1 heterocycles. The van der Waals surface area contributed by atoms with Gasteiger partial charge in [0.05, 0.1) is 5.75 Å². The number of aliphatic carboxylic acids is 1. The van der Waals surface area contributed by atoms with Gasteiger partial charge in [-0.3, -0.25) is 4.79 Å². The number of anilines is 1. The van der Waals surface area contributed by atoms with Gasteiger partial charge < -0.3 is 10.4 Å². The minimum atomic E-state index is -4.15. The van der Waals surface area contributed by atoms with Crippen LogP contribution in [0.15, 0.2) is 4.34 Å². The highest BCUT2D eigenvalue weighted by Crippen LogP contribution is 2.25. The van der Waals surface area contributed by atoms with Crippen molar-refractivity contribution in [1.82, 2.24) is 10.2 Å². The molecule has 0 atom stereocenters.